The summed E-state index contributed by atoms with van der Waals surface area (Å²) in [6, 6.07) is 6.78. The Hall–Kier alpha value is -3.36. The van der Waals surface area contributed by atoms with Gasteiger partial charge in [-0.2, -0.15) is 0 Å². The summed E-state index contributed by atoms with van der Waals surface area (Å²) in [7, 11) is 0. The standard InChI is InChI=1S/C18H17F2N3O4/c1-11-4-6-13(23(26)27)10-16(11)22-17(24)3-2-8-21-18(25)14-7-5-12(19)9-15(14)20/h4-7,9-10H,2-3,8H2,1H3,(H,21,25)(H,22,24). The average molecular weight is 377 g/mol. The van der Waals surface area contributed by atoms with E-state index in [1.165, 1.54) is 18.2 Å². The summed E-state index contributed by atoms with van der Waals surface area (Å²) in [5, 5.41) is 15.8. The normalized spacial score (nSPS) is 10.3. The Balaban J connectivity index is 1.82. The summed E-state index contributed by atoms with van der Waals surface area (Å²) in [5.41, 5.74) is 0.596. The van der Waals surface area contributed by atoms with Crippen LogP contribution in [0.15, 0.2) is 36.4 Å². The number of nitro benzene ring substituents is 1. The summed E-state index contributed by atoms with van der Waals surface area (Å²) in [5.74, 6) is -2.83. The lowest BCUT2D eigenvalue weighted by molar-refractivity contribution is -0.384. The van der Waals surface area contributed by atoms with Crippen molar-refractivity contribution in [1.29, 1.82) is 0 Å². The number of nitrogens with one attached hydrogen (secondary N) is 2. The minimum Gasteiger partial charge on any atom is -0.352 e. The van der Waals surface area contributed by atoms with Crippen molar-refractivity contribution in [3.05, 3.63) is 69.3 Å². The van der Waals surface area contributed by atoms with Crippen molar-refractivity contribution in [3.8, 4) is 0 Å². The van der Waals surface area contributed by atoms with Crippen LogP contribution < -0.4 is 10.6 Å². The van der Waals surface area contributed by atoms with Crippen LogP contribution in [0.1, 0.15) is 28.8 Å². The number of anilines is 1. The smallest absolute Gasteiger partial charge is 0.271 e. The largest absolute Gasteiger partial charge is 0.352 e. The molecule has 0 saturated carbocycles. The van der Waals surface area contributed by atoms with Crippen LogP contribution >= 0.6 is 0 Å². The third-order valence-corrected chi connectivity index (χ3v) is 3.75. The molecule has 0 aliphatic heterocycles. The zero-order valence-electron chi connectivity index (χ0n) is 14.4. The summed E-state index contributed by atoms with van der Waals surface area (Å²) < 4.78 is 26.3. The van der Waals surface area contributed by atoms with Crippen molar-refractivity contribution in [2.75, 3.05) is 11.9 Å². The summed E-state index contributed by atoms with van der Waals surface area (Å²) in [4.78, 5) is 34.0. The van der Waals surface area contributed by atoms with Crippen LogP contribution in [-0.2, 0) is 4.79 Å². The van der Waals surface area contributed by atoms with Gasteiger partial charge in [0.2, 0.25) is 5.91 Å². The van der Waals surface area contributed by atoms with E-state index in [0.29, 0.717) is 17.3 Å². The first-order valence-electron chi connectivity index (χ1n) is 8.06. The van der Waals surface area contributed by atoms with Gasteiger partial charge in [-0.05, 0) is 31.0 Å². The number of hydrogen-bond acceptors (Lipinski definition) is 4. The van der Waals surface area contributed by atoms with E-state index in [0.717, 1.165) is 12.1 Å². The molecule has 2 aromatic carbocycles. The van der Waals surface area contributed by atoms with Crippen molar-refractivity contribution < 1.29 is 23.3 Å². The molecule has 7 nitrogen and oxygen atoms in total. The molecule has 0 unspecified atom stereocenters. The number of aryl methyl sites for hydroxylation is 1. The predicted octanol–water partition coefficient (Wildman–Crippen LogP) is 3.33. The number of amides is 2. The van der Waals surface area contributed by atoms with Gasteiger partial charge < -0.3 is 10.6 Å². The molecular formula is C18H17F2N3O4. The molecule has 0 radical (unpaired) electrons. The van der Waals surface area contributed by atoms with Crippen LogP contribution in [0.3, 0.4) is 0 Å². The highest BCUT2D eigenvalue weighted by Crippen LogP contribution is 2.22. The van der Waals surface area contributed by atoms with Gasteiger partial charge in [0.15, 0.2) is 0 Å². The SMILES string of the molecule is Cc1ccc([N+](=O)[O-])cc1NC(=O)CCCNC(=O)c1ccc(F)cc1F. The molecular weight excluding hydrogens is 360 g/mol. The van der Waals surface area contributed by atoms with Gasteiger partial charge in [-0.1, -0.05) is 6.07 Å². The molecule has 2 aromatic rings. The van der Waals surface area contributed by atoms with Crippen molar-refractivity contribution >= 4 is 23.2 Å². The molecule has 142 valence electrons. The van der Waals surface area contributed by atoms with Crippen LogP contribution in [-0.4, -0.2) is 23.3 Å². The minimum atomic E-state index is -0.966. The van der Waals surface area contributed by atoms with E-state index >= 15 is 0 Å². The van der Waals surface area contributed by atoms with Gasteiger partial charge >= 0.3 is 0 Å². The number of halogens is 2. The first-order chi connectivity index (χ1) is 12.8. The number of rotatable bonds is 7. The number of nitro groups is 1. The molecule has 9 heteroatoms. The third-order valence-electron chi connectivity index (χ3n) is 3.75. The zero-order valence-corrected chi connectivity index (χ0v) is 14.4. The molecule has 0 spiro atoms. The first kappa shape index (κ1) is 20.0. The number of carbonyl (C=O) groups is 2. The van der Waals surface area contributed by atoms with Gasteiger partial charge in [0.1, 0.15) is 11.6 Å². The van der Waals surface area contributed by atoms with Crippen LogP contribution in [0.4, 0.5) is 20.2 Å². The van der Waals surface area contributed by atoms with E-state index in [1.807, 2.05) is 0 Å². The lowest BCUT2D eigenvalue weighted by atomic mass is 10.1. The summed E-state index contributed by atoms with van der Waals surface area (Å²) in [6.45, 7) is 1.81. The maximum absolute atomic E-state index is 13.5. The van der Waals surface area contributed by atoms with E-state index in [-0.39, 0.29) is 36.5 Å². The molecule has 0 fully saturated rings. The number of benzene rings is 2. The Morgan fingerprint density at radius 3 is 2.56 bits per heavy atom. The molecule has 27 heavy (non-hydrogen) atoms. The van der Waals surface area contributed by atoms with Crippen molar-refractivity contribution in [2.45, 2.75) is 19.8 Å². The van der Waals surface area contributed by atoms with Crippen LogP contribution in [0.5, 0.6) is 0 Å². The van der Waals surface area contributed by atoms with E-state index in [4.69, 9.17) is 0 Å². The maximum Gasteiger partial charge on any atom is 0.271 e. The van der Waals surface area contributed by atoms with Crippen molar-refractivity contribution in [3.63, 3.8) is 0 Å². The highest BCUT2D eigenvalue weighted by molar-refractivity contribution is 5.94. The zero-order chi connectivity index (χ0) is 20.0. The van der Waals surface area contributed by atoms with Gasteiger partial charge in [-0.15, -0.1) is 0 Å². The maximum atomic E-state index is 13.5. The molecule has 0 saturated heterocycles. The quantitative estimate of drug-likeness (QED) is 0.439. The highest BCUT2D eigenvalue weighted by atomic mass is 19.1. The first-order valence-corrected chi connectivity index (χ1v) is 8.06. The Morgan fingerprint density at radius 2 is 1.89 bits per heavy atom. The molecule has 0 atom stereocenters. The second-order valence-corrected chi connectivity index (χ2v) is 5.79. The molecule has 2 rings (SSSR count). The lowest BCUT2D eigenvalue weighted by Crippen LogP contribution is -2.26. The van der Waals surface area contributed by atoms with Gasteiger partial charge in [0, 0.05) is 31.2 Å². The Labute approximate surface area is 153 Å². The van der Waals surface area contributed by atoms with Crippen LogP contribution in [0.25, 0.3) is 0 Å². The van der Waals surface area contributed by atoms with Crippen LogP contribution in [0, 0.1) is 28.7 Å². The number of hydrogen-bond donors (Lipinski definition) is 2. The van der Waals surface area contributed by atoms with Gasteiger partial charge in [0.25, 0.3) is 11.6 Å². The second kappa shape index (κ2) is 8.84. The molecule has 0 aliphatic rings. The number of nitrogens with zero attached hydrogens (tertiary/aromatic N) is 1. The fourth-order valence-corrected chi connectivity index (χ4v) is 2.29. The van der Waals surface area contributed by atoms with E-state index in [9.17, 15) is 28.5 Å². The second-order valence-electron chi connectivity index (χ2n) is 5.79. The van der Waals surface area contributed by atoms with Crippen LogP contribution in [0.2, 0.25) is 0 Å². The third kappa shape index (κ3) is 5.56. The molecule has 2 amide bonds. The van der Waals surface area contributed by atoms with Gasteiger partial charge in [-0.25, -0.2) is 8.78 Å². The summed E-state index contributed by atoms with van der Waals surface area (Å²) in [6.07, 6.45) is 0.322. The van der Waals surface area contributed by atoms with E-state index < -0.39 is 22.5 Å². The Bertz CT molecular complexity index is 887. The Kier molecular flexibility index (Phi) is 6.53. The topological polar surface area (TPSA) is 101 Å². The summed E-state index contributed by atoms with van der Waals surface area (Å²) >= 11 is 0. The predicted molar refractivity (Wildman–Crippen MR) is 94.4 cm³/mol. The van der Waals surface area contributed by atoms with Gasteiger partial charge in [0.05, 0.1) is 16.2 Å². The monoisotopic (exact) mass is 377 g/mol. The molecule has 0 aromatic heterocycles. The average Bonchev–Trinajstić information content (AvgIpc) is 2.60. The van der Waals surface area contributed by atoms with Crippen molar-refractivity contribution in [1.82, 2.24) is 5.32 Å². The molecule has 2 N–H and O–H groups in total. The fraction of sp³-hybridized carbons (Fsp3) is 0.222. The molecule has 0 heterocycles. The Morgan fingerprint density at radius 1 is 1.15 bits per heavy atom. The lowest BCUT2D eigenvalue weighted by Gasteiger charge is -2.09. The molecule has 0 bridgehead atoms. The minimum absolute atomic E-state index is 0.0499. The number of carbonyl (C=O) groups excluding carboxylic acids is 2. The van der Waals surface area contributed by atoms with Crippen molar-refractivity contribution in [2.24, 2.45) is 0 Å². The highest BCUT2D eigenvalue weighted by Gasteiger charge is 2.13. The van der Waals surface area contributed by atoms with E-state index in [2.05, 4.69) is 10.6 Å². The van der Waals surface area contributed by atoms with Gasteiger partial charge in [-0.3, -0.25) is 19.7 Å². The number of non-ortho nitro benzene ring substituents is 1. The van der Waals surface area contributed by atoms with E-state index in [1.54, 1.807) is 6.92 Å². The fourth-order valence-electron chi connectivity index (χ4n) is 2.29. The molecule has 0 aliphatic carbocycles.